The van der Waals surface area contributed by atoms with Gasteiger partial charge in [0.05, 0.1) is 24.8 Å². The molecule has 2 heterocycles. The molecule has 0 saturated carbocycles. The van der Waals surface area contributed by atoms with Crippen LogP contribution < -0.4 is 5.32 Å². The van der Waals surface area contributed by atoms with Crippen molar-refractivity contribution in [2.75, 3.05) is 13.2 Å². The lowest BCUT2D eigenvalue weighted by Gasteiger charge is -2.07. The highest BCUT2D eigenvalue weighted by Gasteiger charge is 2.23. The van der Waals surface area contributed by atoms with E-state index < -0.39 is 0 Å². The lowest BCUT2D eigenvalue weighted by Crippen LogP contribution is -2.30. The van der Waals surface area contributed by atoms with E-state index in [1.165, 1.54) is 0 Å². The summed E-state index contributed by atoms with van der Waals surface area (Å²) in [6, 6.07) is 0. The monoisotopic (exact) mass is 224 g/mol. The van der Waals surface area contributed by atoms with E-state index in [0.717, 1.165) is 17.9 Å². The number of hydrogen-bond acceptors (Lipinski definition) is 4. The van der Waals surface area contributed by atoms with Gasteiger partial charge in [-0.3, -0.25) is 4.79 Å². The zero-order valence-corrected chi connectivity index (χ0v) is 9.58. The average molecular weight is 224 g/mol. The van der Waals surface area contributed by atoms with E-state index in [1.54, 1.807) is 6.92 Å². The molecule has 16 heavy (non-hydrogen) atoms. The Labute approximate surface area is 94.2 Å². The summed E-state index contributed by atoms with van der Waals surface area (Å²) in [5.74, 6) is 1.38. The fraction of sp³-hybridized carbons (Fsp3) is 0.636. The van der Waals surface area contributed by atoms with Crippen LogP contribution in [-0.2, 0) is 16.1 Å². The van der Waals surface area contributed by atoms with Gasteiger partial charge in [-0.05, 0) is 13.3 Å². The van der Waals surface area contributed by atoms with E-state index >= 15 is 0 Å². The Bertz CT molecular complexity index is 381. The standard InChI is InChI=1S/C11H16N2O3/c1-7-10(16-8(2)13-7)5-12-11(14)9-3-4-15-6-9/h9H,3-6H2,1-2H3,(H,12,14)/t9-/m0/s1. The number of aromatic nitrogens is 1. The highest BCUT2D eigenvalue weighted by molar-refractivity contribution is 5.78. The molecule has 0 bridgehead atoms. The van der Waals surface area contributed by atoms with Gasteiger partial charge in [0.25, 0.3) is 0 Å². The van der Waals surface area contributed by atoms with Gasteiger partial charge >= 0.3 is 0 Å². The molecule has 0 spiro atoms. The molecule has 1 aromatic rings. The van der Waals surface area contributed by atoms with Gasteiger partial charge in [-0.25, -0.2) is 4.98 Å². The number of carbonyl (C=O) groups is 1. The first-order valence-electron chi connectivity index (χ1n) is 5.45. The fourth-order valence-electron chi connectivity index (χ4n) is 1.79. The lowest BCUT2D eigenvalue weighted by atomic mass is 10.1. The molecular formula is C11H16N2O3. The number of hydrogen-bond donors (Lipinski definition) is 1. The van der Waals surface area contributed by atoms with Gasteiger partial charge in [-0.1, -0.05) is 0 Å². The summed E-state index contributed by atoms with van der Waals surface area (Å²) in [5.41, 5.74) is 0.834. The predicted octanol–water partition coefficient (Wildman–Crippen LogP) is 0.944. The van der Waals surface area contributed by atoms with Crippen molar-refractivity contribution in [3.8, 4) is 0 Å². The first-order valence-corrected chi connectivity index (χ1v) is 5.45. The summed E-state index contributed by atoms with van der Waals surface area (Å²) in [5, 5.41) is 2.84. The van der Waals surface area contributed by atoms with Gasteiger partial charge in [0.15, 0.2) is 5.89 Å². The van der Waals surface area contributed by atoms with Crippen molar-refractivity contribution in [2.24, 2.45) is 5.92 Å². The van der Waals surface area contributed by atoms with E-state index in [0.29, 0.717) is 25.6 Å². The van der Waals surface area contributed by atoms with Crippen molar-refractivity contribution in [1.29, 1.82) is 0 Å². The molecule has 1 N–H and O–H groups in total. The molecule has 0 radical (unpaired) electrons. The summed E-state index contributed by atoms with van der Waals surface area (Å²) >= 11 is 0. The van der Waals surface area contributed by atoms with Crippen molar-refractivity contribution in [2.45, 2.75) is 26.8 Å². The van der Waals surface area contributed by atoms with Crippen LogP contribution in [0.5, 0.6) is 0 Å². The molecule has 88 valence electrons. The first-order chi connectivity index (χ1) is 7.66. The van der Waals surface area contributed by atoms with Crippen LogP contribution in [0.1, 0.15) is 23.8 Å². The summed E-state index contributed by atoms with van der Waals surface area (Å²) < 4.78 is 10.5. The highest BCUT2D eigenvalue weighted by atomic mass is 16.5. The summed E-state index contributed by atoms with van der Waals surface area (Å²) in [6.45, 7) is 5.28. The van der Waals surface area contributed by atoms with Crippen molar-refractivity contribution in [3.05, 3.63) is 17.3 Å². The number of ether oxygens (including phenoxy) is 1. The largest absolute Gasteiger partial charge is 0.444 e. The molecule has 1 saturated heterocycles. The Balaban J connectivity index is 1.87. The zero-order chi connectivity index (χ0) is 11.5. The number of carbonyl (C=O) groups excluding carboxylic acids is 1. The van der Waals surface area contributed by atoms with Crippen LogP contribution in [0.3, 0.4) is 0 Å². The molecule has 2 rings (SSSR count). The van der Waals surface area contributed by atoms with Crippen LogP contribution in [0.4, 0.5) is 0 Å². The second-order valence-electron chi connectivity index (χ2n) is 4.02. The molecule has 5 heteroatoms. The average Bonchev–Trinajstić information content (AvgIpc) is 2.84. The van der Waals surface area contributed by atoms with E-state index in [1.807, 2.05) is 6.92 Å². The number of nitrogens with zero attached hydrogens (tertiary/aromatic N) is 1. The number of rotatable bonds is 3. The van der Waals surface area contributed by atoms with Crippen LogP contribution in [-0.4, -0.2) is 24.1 Å². The van der Waals surface area contributed by atoms with E-state index in [9.17, 15) is 4.79 Å². The topological polar surface area (TPSA) is 64.4 Å². The molecule has 1 aromatic heterocycles. The maximum Gasteiger partial charge on any atom is 0.225 e. The van der Waals surface area contributed by atoms with Crippen LogP contribution in [0.25, 0.3) is 0 Å². The molecule has 1 aliphatic rings. The van der Waals surface area contributed by atoms with Gasteiger partial charge in [-0.15, -0.1) is 0 Å². The van der Waals surface area contributed by atoms with Gasteiger partial charge < -0.3 is 14.5 Å². The minimum absolute atomic E-state index is 0.00988. The third kappa shape index (κ3) is 2.41. The van der Waals surface area contributed by atoms with E-state index in [4.69, 9.17) is 9.15 Å². The van der Waals surface area contributed by atoms with Gasteiger partial charge in [0.2, 0.25) is 5.91 Å². The van der Waals surface area contributed by atoms with Crippen LogP contribution in [0.2, 0.25) is 0 Å². The Hall–Kier alpha value is -1.36. The number of nitrogens with one attached hydrogen (secondary N) is 1. The molecule has 5 nitrogen and oxygen atoms in total. The normalized spacial score (nSPS) is 20.0. The molecule has 0 aliphatic carbocycles. The summed E-state index contributed by atoms with van der Waals surface area (Å²) in [6.07, 6.45) is 0.806. The molecular weight excluding hydrogens is 208 g/mol. The third-order valence-electron chi connectivity index (χ3n) is 2.72. The smallest absolute Gasteiger partial charge is 0.225 e. The first kappa shape index (κ1) is 11.1. The lowest BCUT2D eigenvalue weighted by molar-refractivity contribution is -0.125. The second kappa shape index (κ2) is 4.65. The minimum atomic E-state index is -0.00988. The van der Waals surface area contributed by atoms with Crippen molar-refractivity contribution in [1.82, 2.24) is 10.3 Å². The maximum atomic E-state index is 11.7. The van der Waals surface area contributed by atoms with Gasteiger partial charge in [-0.2, -0.15) is 0 Å². The fourth-order valence-corrected chi connectivity index (χ4v) is 1.79. The number of aryl methyl sites for hydroxylation is 2. The molecule has 0 aromatic carbocycles. The Kier molecular flexibility index (Phi) is 3.24. The second-order valence-corrected chi connectivity index (χ2v) is 4.02. The maximum absolute atomic E-state index is 11.7. The number of amides is 1. The van der Waals surface area contributed by atoms with Gasteiger partial charge in [0, 0.05) is 13.5 Å². The molecule has 0 unspecified atom stereocenters. The molecule has 1 amide bonds. The highest BCUT2D eigenvalue weighted by Crippen LogP contribution is 2.13. The van der Waals surface area contributed by atoms with E-state index in [-0.39, 0.29) is 11.8 Å². The van der Waals surface area contributed by atoms with Crippen molar-refractivity contribution >= 4 is 5.91 Å². The van der Waals surface area contributed by atoms with Crippen molar-refractivity contribution < 1.29 is 13.9 Å². The molecule has 1 atom stereocenters. The Morgan fingerprint density at radius 1 is 1.56 bits per heavy atom. The SMILES string of the molecule is Cc1nc(C)c(CNC(=O)[C@H]2CCOC2)o1. The van der Waals surface area contributed by atoms with Crippen LogP contribution in [0, 0.1) is 19.8 Å². The minimum Gasteiger partial charge on any atom is -0.444 e. The van der Waals surface area contributed by atoms with Crippen LogP contribution in [0.15, 0.2) is 4.42 Å². The quantitative estimate of drug-likeness (QED) is 0.830. The predicted molar refractivity (Wildman–Crippen MR) is 56.7 cm³/mol. The number of oxazole rings is 1. The summed E-state index contributed by atoms with van der Waals surface area (Å²) in [4.78, 5) is 15.8. The van der Waals surface area contributed by atoms with E-state index in [2.05, 4.69) is 10.3 Å². The molecule has 1 fully saturated rings. The van der Waals surface area contributed by atoms with Crippen LogP contribution >= 0.6 is 0 Å². The zero-order valence-electron chi connectivity index (χ0n) is 9.58. The molecule has 1 aliphatic heterocycles. The Morgan fingerprint density at radius 2 is 2.38 bits per heavy atom. The summed E-state index contributed by atoms with van der Waals surface area (Å²) in [7, 11) is 0. The van der Waals surface area contributed by atoms with Gasteiger partial charge in [0.1, 0.15) is 5.76 Å². The third-order valence-corrected chi connectivity index (χ3v) is 2.72. The Morgan fingerprint density at radius 3 is 2.94 bits per heavy atom. The van der Waals surface area contributed by atoms with Crippen molar-refractivity contribution in [3.63, 3.8) is 0 Å².